The summed E-state index contributed by atoms with van der Waals surface area (Å²) in [5.74, 6) is -0.732. The summed E-state index contributed by atoms with van der Waals surface area (Å²) in [5.41, 5.74) is -0.566. The van der Waals surface area contributed by atoms with Gasteiger partial charge in [0.05, 0.1) is 6.42 Å². The van der Waals surface area contributed by atoms with Crippen molar-refractivity contribution in [2.45, 2.75) is 96.7 Å². The molecule has 0 aliphatic heterocycles. The predicted octanol–water partition coefficient (Wildman–Crippen LogP) is 3.04. The maximum Gasteiger partial charge on any atom is 0.332 e. The van der Waals surface area contributed by atoms with E-state index in [1.807, 2.05) is 13.8 Å². The minimum Gasteiger partial charge on any atom is -0.481 e. The molecule has 2 aromatic heterocycles. The lowest BCUT2D eigenvalue weighted by atomic mass is 9.68. The normalized spacial score (nSPS) is 25.6. The van der Waals surface area contributed by atoms with Crippen molar-refractivity contribution in [2.24, 2.45) is 5.41 Å². The number of nitrogens with one attached hydrogen (secondary N) is 1. The Labute approximate surface area is 180 Å². The number of H-pyrrole nitrogens is 1. The minimum atomic E-state index is -0.732. The molecule has 2 N–H and O–H groups in total. The number of aliphatic carboxylic acids is 1. The van der Waals surface area contributed by atoms with Crippen LogP contribution in [-0.2, 0) is 17.9 Å². The minimum absolute atomic E-state index is 0.126. The summed E-state index contributed by atoms with van der Waals surface area (Å²) in [5, 5.41) is 9.32. The van der Waals surface area contributed by atoms with Crippen molar-refractivity contribution in [3.8, 4) is 6.01 Å². The highest BCUT2D eigenvalue weighted by molar-refractivity contribution is 5.70. The van der Waals surface area contributed by atoms with Crippen molar-refractivity contribution >= 4 is 17.1 Å². The van der Waals surface area contributed by atoms with E-state index in [1.54, 1.807) is 4.57 Å². The third-order valence-electron chi connectivity index (χ3n) is 7.13. The van der Waals surface area contributed by atoms with Crippen LogP contribution < -0.4 is 16.0 Å². The van der Waals surface area contributed by atoms with Crippen LogP contribution in [-0.4, -0.2) is 35.8 Å². The van der Waals surface area contributed by atoms with Crippen LogP contribution in [0.2, 0.25) is 0 Å². The van der Waals surface area contributed by atoms with Gasteiger partial charge in [-0.3, -0.25) is 18.7 Å². The third-order valence-corrected chi connectivity index (χ3v) is 7.13. The topological polar surface area (TPSA) is 119 Å². The summed E-state index contributed by atoms with van der Waals surface area (Å²) < 4.78 is 9.22. The van der Waals surface area contributed by atoms with Crippen molar-refractivity contribution < 1.29 is 14.6 Å². The molecule has 3 aliphatic carbocycles. The van der Waals surface area contributed by atoms with Gasteiger partial charge in [-0.05, 0) is 63.2 Å². The van der Waals surface area contributed by atoms with Crippen molar-refractivity contribution in [3.05, 3.63) is 20.8 Å². The van der Waals surface area contributed by atoms with Gasteiger partial charge in [-0.15, -0.1) is 0 Å². The molecular weight excluding hydrogens is 400 g/mol. The number of hydrogen-bond acceptors (Lipinski definition) is 5. The molecule has 0 atom stereocenters. The molecule has 3 fully saturated rings. The fourth-order valence-corrected chi connectivity index (χ4v) is 5.51. The number of nitrogens with zero attached hydrogens (tertiary/aromatic N) is 3. The predicted molar refractivity (Wildman–Crippen MR) is 116 cm³/mol. The average Bonchev–Trinajstić information content (AvgIpc) is 2.96. The van der Waals surface area contributed by atoms with Gasteiger partial charge in [0.2, 0.25) is 0 Å². The van der Waals surface area contributed by atoms with E-state index < -0.39 is 11.6 Å². The molecular formula is C22H32N4O5. The number of ether oxygens (including phenoxy) is 1. The van der Waals surface area contributed by atoms with Crippen molar-refractivity contribution in [2.75, 3.05) is 0 Å². The second-order valence-electron chi connectivity index (χ2n) is 9.34. The van der Waals surface area contributed by atoms with Gasteiger partial charge in [0, 0.05) is 13.1 Å². The number of carbonyl (C=O) groups is 1. The van der Waals surface area contributed by atoms with E-state index in [9.17, 15) is 19.5 Å². The second-order valence-corrected chi connectivity index (χ2v) is 9.34. The van der Waals surface area contributed by atoms with Gasteiger partial charge in [-0.2, -0.15) is 4.98 Å². The maximum absolute atomic E-state index is 12.9. The first-order valence-corrected chi connectivity index (χ1v) is 11.5. The molecule has 2 heterocycles. The molecule has 0 aromatic carbocycles. The molecule has 5 rings (SSSR count). The van der Waals surface area contributed by atoms with Gasteiger partial charge in [0.15, 0.2) is 11.2 Å². The highest BCUT2D eigenvalue weighted by atomic mass is 16.5. The van der Waals surface area contributed by atoms with E-state index in [1.165, 1.54) is 4.57 Å². The first kappa shape index (κ1) is 21.6. The Morgan fingerprint density at radius 2 is 1.74 bits per heavy atom. The highest BCUT2D eigenvalue weighted by Gasteiger charge is 2.48. The molecule has 170 valence electrons. The average molecular weight is 433 g/mol. The molecule has 9 heteroatoms. The Balaban J connectivity index is 1.68. The molecule has 0 saturated heterocycles. The van der Waals surface area contributed by atoms with E-state index in [4.69, 9.17) is 4.74 Å². The van der Waals surface area contributed by atoms with Crippen LogP contribution in [0.4, 0.5) is 0 Å². The number of aryl methyl sites for hydroxylation is 1. The van der Waals surface area contributed by atoms with E-state index in [0.717, 1.165) is 51.4 Å². The first-order chi connectivity index (χ1) is 14.8. The Bertz CT molecular complexity index is 1090. The molecule has 3 saturated carbocycles. The zero-order chi connectivity index (χ0) is 22.2. The molecule has 3 aliphatic rings. The van der Waals surface area contributed by atoms with E-state index in [2.05, 4.69) is 9.97 Å². The number of aromatic amines is 1. The number of carboxylic acid groups (broad SMARTS) is 1. The van der Waals surface area contributed by atoms with Crippen LogP contribution in [0.5, 0.6) is 6.01 Å². The zero-order valence-corrected chi connectivity index (χ0v) is 18.4. The fourth-order valence-electron chi connectivity index (χ4n) is 5.51. The summed E-state index contributed by atoms with van der Waals surface area (Å²) in [6.45, 7) is 4.75. The summed E-state index contributed by atoms with van der Waals surface area (Å²) >= 11 is 0. The van der Waals surface area contributed by atoms with Gasteiger partial charge in [-0.1, -0.05) is 13.8 Å². The van der Waals surface area contributed by atoms with Crippen LogP contribution >= 0.6 is 0 Å². The van der Waals surface area contributed by atoms with E-state index in [-0.39, 0.29) is 29.1 Å². The largest absolute Gasteiger partial charge is 0.481 e. The van der Waals surface area contributed by atoms with Crippen molar-refractivity contribution in [1.82, 2.24) is 19.1 Å². The van der Waals surface area contributed by atoms with Crippen LogP contribution in [0.15, 0.2) is 9.59 Å². The lowest BCUT2D eigenvalue weighted by molar-refractivity contribution is -0.141. The molecule has 2 bridgehead atoms. The molecule has 0 spiro atoms. The fraction of sp³-hybridized carbons (Fsp3) is 0.727. The van der Waals surface area contributed by atoms with E-state index >= 15 is 0 Å². The zero-order valence-electron chi connectivity index (χ0n) is 18.4. The Morgan fingerprint density at radius 1 is 1.06 bits per heavy atom. The first-order valence-electron chi connectivity index (χ1n) is 11.5. The third kappa shape index (κ3) is 3.90. The summed E-state index contributed by atoms with van der Waals surface area (Å²) in [6.07, 6.45) is 7.51. The van der Waals surface area contributed by atoms with Gasteiger partial charge >= 0.3 is 11.7 Å². The smallest absolute Gasteiger partial charge is 0.332 e. The van der Waals surface area contributed by atoms with Gasteiger partial charge in [0.1, 0.15) is 5.60 Å². The number of imidazole rings is 1. The SMILES string of the molecule is CCCn1c(=O)c2[nH]c(OC34CCCC(CC(=O)O)(CC3)CC4)nc2n(CCC)c1=O. The standard InChI is InChI=1S/C22H32N4O5/c1-3-12-25-17-16(18(29)26(13-4-2)20(25)30)23-19(24-17)31-22-7-5-6-21(8-10-22,9-11-22)14-15(27)28/h3-14H2,1-2H3,(H,23,24)(H,27,28). The summed E-state index contributed by atoms with van der Waals surface area (Å²) in [7, 11) is 0. The number of rotatable bonds is 8. The lowest BCUT2D eigenvalue weighted by Gasteiger charge is -2.41. The van der Waals surface area contributed by atoms with Gasteiger partial charge in [-0.25, -0.2) is 4.79 Å². The summed E-state index contributed by atoms with van der Waals surface area (Å²) in [4.78, 5) is 44.7. The Kier molecular flexibility index (Phi) is 5.70. The van der Waals surface area contributed by atoms with Gasteiger partial charge < -0.3 is 14.8 Å². The molecule has 31 heavy (non-hydrogen) atoms. The molecule has 0 amide bonds. The van der Waals surface area contributed by atoms with Crippen molar-refractivity contribution in [1.29, 1.82) is 0 Å². The van der Waals surface area contributed by atoms with Crippen molar-refractivity contribution in [3.63, 3.8) is 0 Å². The number of aromatic nitrogens is 4. The van der Waals surface area contributed by atoms with Crippen LogP contribution in [0.3, 0.4) is 0 Å². The monoisotopic (exact) mass is 432 g/mol. The van der Waals surface area contributed by atoms with Crippen LogP contribution in [0, 0.1) is 5.41 Å². The molecule has 9 nitrogen and oxygen atoms in total. The number of fused-ring (bicyclic) bond motifs is 5. The summed E-state index contributed by atoms with van der Waals surface area (Å²) in [6, 6.07) is 0.276. The quantitative estimate of drug-likeness (QED) is 0.662. The highest BCUT2D eigenvalue weighted by Crippen LogP contribution is 2.52. The number of hydrogen-bond donors (Lipinski definition) is 2. The number of carboxylic acids is 1. The van der Waals surface area contributed by atoms with Gasteiger partial charge in [0.25, 0.3) is 11.6 Å². The lowest BCUT2D eigenvalue weighted by Crippen LogP contribution is -2.41. The molecule has 0 radical (unpaired) electrons. The Morgan fingerprint density at radius 3 is 2.39 bits per heavy atom. The Hall–Kier alpha value is -2.58. The second kappa shape index (κ2) is 8.16. The van der Waals surface area contributed by atoms with Crippen LogP contribution in [0.25, 0.3) is 11.2 Å². The van der Waals surface area contributed by atoms with Crippen LogP contribution in [0.1, 0.15) is 78.1 Å². The maximum atomic E-state index is 12.9. The molecule has 0 unspecified atom stereocenters. The van der Waals surface area contributed by atoms with E-state index in [0.29, 0.717) is 30.7 Å². The molecule has 2 aromatic rings.